The number of likely N-dealkylation sites (tertiary alicyclic amines) is 1. The van der Waals surface area contributed by atoms with Crippen molar-refractivity contribution in [2.24, 2.45) is 5.92 Å². The smallest absolute Gasteiger partial charge is 0.250 e. The van der Waals surface area contributed by atoms with Crippen LogP contribution in [0.5, 0.6) is 5.75 Å². The number of nitrogens with one attached hydrogen (secondary N) is 1. The van der Waals surface area contributed by atoms with Gasteiger partial charge in [0.15, 0.2) is 11.6 Å². The van der Waals surface area contributed by atoms with E-state index in [4.69, 9.17) is 39.5 Å². The molecule has 1 aromatic heterocycles. The number of halogens is 3. The van der Waals surface area contributed by atoms with Crippen molar-refractivity contribution in [3.05, 3.63) is 30.1 Å². The lowest BCUT2D eigenvalue weighted by atomic mass is 10.0. The van der Waals surface area contributed by atoms with E-state index in [2.05, 4.69) is 39.0 Å². The van der Waals surface area contributed by atoms with Gasteiger partial charge in [-0.1, -0.05) is 60.8 Å². The number of nitrogens with zero attached hydrogens (tertiary/aromatic N) is 4. The third-order valence-electron chi connectivity index (χ3n) is 4.76. The zero-order valence-corrected chi connectivity index (χ0v) is 19.1. The Morgan fingerprint density at radius 3 is 2.52 bits per heavy atom. The van der Waals surface area contributed by atoms with Gasteiger partial charge in [-0.15, -0.1) is 0 Å². The molecule has 1 saturated heterocycles. The summed E-state index contributed by atoms with van der Waals surface area (Å²) in [6.45, 7) is 7.69. The molecule has 0 saturated carbocycles. The van der Waals surface area contributed by atoms with Crippen LogP contribution in [0.1, 0.15) is 32.5 Å². The van der Waals surface area contributed by atoms with Crippen molar-refractivity contribution in [1.29, 1.82) is 0 Å². The lowest BCUT2D eigenvalue weighted by molar-refractivity contribution is 0.197. The highest BCUT2D eigenvalue weighted by Gasteiger charge is 2.29. The molecule has 29 heavy (non-hydrogen) atoms. The van der Waals surface area contributed by atoms with Gasteiger partial charge in [0, 0.05) is 31.2 Å². The van der Waals surface area contributed by atoms with Crippen LogP contribution in [0.15, 0.2) is 24.3 Å². The number of rotatable bonds is 6. The first-order valence-electron chi connectivity index (χ1n) is 9.71. The molecule has 158 valence electrons. The summed E-state index contributed by atoms with van der Waals surface area (Å²) >= 11 is 18.2. The zero-order chi connectivity index (χ0) is 21.0. The number of piperidine rings is 1. The highest BCUT2D eigenvalue weighted by atomic mass is 35.6. The standard InChI is InChI=1S/C20H26Cl3N5O/c1-13(2)12-28-9-7-15(8-10-28)24-19-26-17(25-18(27-19)20(21,22)23)14-5-4-6-16(11-14)29-3/h4-6,11,13,15H,7-10,12H2,1-3H3,(H,24,25,26,27). The Hall–Kier alpha value is -1.34. The van der Waals surface area contributed by atoms with Crippen molar-refractivity contribution in [1.82, 2.24) is 19.9 Å². The first-order valence-corrected chi connectivity index (χ1v) is 10.8. The summed E-state index contributed by atoms with van der Waals surface area (Å²) in [4.78, 5) is 15.8. The van der Waals surface area contributed by atoms with E-state index in [1.54, 1.807) is 7.11 Å². The number of anilines is 1. The second kappa shape index (κ2) is 9.65. The molecule has 1 fully saturated rings. The monoisotopic (exact) mass is 457 g/mol. The summed E-state index contributed by atoms with van der Waals surface area (Å²) in [7, 11) is 1.61. The summed E-state index contributed by atoms with van der Waals surface area (Å²) in [5.74, 6) is 2.31. The molecule has 1 aliphatic rings. The fourth-order valence-electron chi connectivity index (χ4n) is 3.42. The molecule has 9 heteroatoms. The fraction of sp³-hybridized carbons (Fsp3) is 0.550. The van der Waals surface area contributed by atoms with Gasteiger partial charge in [-0.2, -0.15) is 9.97 Å². The Balaban J connectivity index is 1.81. The molecule has 2 heterocycles. The maximum atomic E-state index is 6.08. The summed E-state index contributed by atoms with van der Waals surface area (Å²) in [6, 6.07) is 7.71. The summed E-state index contributed by atoms with van der Waals surface area (Å²) in [6.07, 6.45) is 2.02. The normalized spacial score (nSPS) is 16.2. The maximum absolute atomic E-state index is 6.08. The first-order chi connectivity index (χ1) is 13.7. The summed E-state index contributed by atoms with van der Waals surface area (Å²) in [5, 5.41) is 3.41. The first kappa shape index (κ1) is 22.3. The van der Waals surface area contributed by atoms with Crippen molar-refractivity contribution < 1.29 is 4.74 Å². The second-order valence-electron chi connectivity index (χ2n) is 7.65. The van der Waals surface area contributed by atoms with Gasteiger partial charge >= 0.3 is 0 Å². The van der Waals surface area contributed by atoms with E-state index >= 15 is 0 Å². The Morgan fingerprint density at radius 1 is 1.17 bits per heavy atom. The predicted octanol–water partition coefficient (Wildman–Crippen LogP) is 4.91. The van der Waals surface area contributed by atoms with E-state index in [1.807, 2.05) is 24.3 Å². The minimum atomic E-state index is -1.74. The Bertz CT molecular complexity index is 820. The lowest BCUT2D eigenvalue weighted by Gasteiger charge is -2.33. The maximum Gasteiger partial charge on any atom is 0.250 e. The molecule has 2 aromatic rings. The van der Waals surface area contributed by atoms with Crippen LogP contribution in [0.25, 0.3) is 11.4 Å². The molecule has 0 atom stereocenters. The molecule has 6 nitrogen and oxygen atoms in total. The predicted molar refractivity (Wildman–Crippen MR) is 119 cm³/mol. The van der Waals surface area contributed by atoms with E-state index in [0.29, 0.717) is 23.4 Å². The third-order valence-corrected chi connectivity index (χ3v) is 5.27. The molecular formula is C20H26Cl3N5O. The van der Waals surface area contributed by atoms with E-state index in [0.717, 1.165) is 38.0 Å². The molecule has 1 aromatic carbocycles. The van der Waals surface area contributed by atoms with Crippen molar-refractivity contribution in [2.75, 3.05) is 32.1 Å². The van der Waals surface area contributed by atoms with Gasteiger partial charge in [0.05, 0.1) is 7.11 Å². The third kappa shape index (κ3) is 6.32. The van der Waals surface area contributed by atoms with Crippen molar-refractivity contribution in [3.63, 3.8) is 0 Å². The molecule has 0 amide bonds. The van der Waals surface area contributed by atoms with Crippen LogP contribution in [0.4, 0.5) is 5.95 Å². The average molecular weight is 459 g/mol. The van der Waals surface area contributed by atoms with E-state index < -0.39 is 3.79 Å². The van der Waals surface area contributed by atoms with E-state index in [-0.39, 0.29) is 11.9 Å². The van der Waals surface area contributed by atoms with Crippen molar-refractivity contribution >= 4 is 40.8 Å². The van der Waals surface area contributed by atoms with Gasteiger partial charge in [0.1, 0.15) is 5.75 Å². The summed E-state index contributed by atoms with van der Waals surface area (Å²) < 4.78 is 3.55. The van der Waals surface area contributed by atoms with Crippen LogP contribution in [-0.4, -0.2) is 52.6 Å². The topological polar surface area (TPSA) is 63.2 Å². The molecule has 0 radical (unpaired) electrons. The molecular weight excluding hydrogens is 433 g/mol. The number of ether oxygens (including phenoxy) is 1. The largest absolute Gasteiger partial charge is 0.497 e. The summed E-state index contributed by atoms with van der Waals surface area (Å²) in [5.41, 5.74) is 0.761. The van der Waals surface area contributed by atoms with Crippen molar-refractivity contribution in [2.45, 2.75) is 36.5 Å². The molecule has 1 aliphatic heterocycles. The molecule has 0 bridgehead atoms. The van der Waals surface area contributed by atoms with Gasteiger partial charge in [-0.25, -0.2) is 4.98 Å². The van der Waals surface area contributed by atoms with Gasteiger partial charge in [-0.05, 0) is 30.9 Å². The lowest BCUT2D eigenvalue weighted by Crippen LogP contribution is -2.41. The average Bonchev–Trinajstić information content (AvgIpc) is 2.68. The number of aromatic nitrogens is 3. The molecule has 3 rings (SSSR count). The minimum absolute atomic E-state index is 0.0927. The quantitative estimate of drug-likeness (QED) is 0.621. The fourth-order valence-corrected chi connectivity index (χ4v) is 3.67. The van der Waals surface area contributed by atoms with Gasteiger partial charge in [0.2, 0.25) is 9.74 Å². The number of methoxy groups -OCH3 is 1. The second-order valence-corrected chi connectivity index (χ2v) is 9.93. The van der Waals surface area contributed by atoms with Gasteiger partial charge in [-0.3, -0.25) is 0 Å². The van der Waals surface area contributed by atoms with Gasteiger partial charge in [0.25, 0.3) is 0 Å². The molecule has 0 aliphatic carbocycles. The van der Waals surface area contributed by atoms with E-state index in [9.17, 15) is 0 Å². The van der Waals surface area contributed by atoms with Crippen LogP contribution >= 0.6 is 34.8 Å². The Labute approximate surface area is 186 Å². The van der Waals surface area contributed by atoms with Crippen LogP contribution in [-0.2, 0) is 3.79 Å². The van der Waals surface area contributed by atoms with Crippen LogP contribution in [0.3, 0.4) is 0 Å². The van der Waals surface area contributed by atoms with Crippen molar-refractivity contribution in [3.8, 4) is 17.1 Å². The number of hydrogen-bond acceptors (Lipinski definition) is 6. The van der Waals surface area contributed by atoms with Crippen LogP contribution in [0, 0.1) is 5.92 Å². The molecule has 1 N–H and O–H groups in total. The van der Waals surface area contributed by atoms with E-state index in [1.165, 1.54) is 0 Å². The highest BCUT2D eigenvalue weighted by molar-refractivity contribution is 6.66. The SMILES string of the molecule is COc1cccc(-c2nc(NC3CCN(CC(C)C)CC3)nc(C(Cl)(Cl)Cl)n2)c1. The minimum Gasteiger partial charge on any atom is -0.497 e. The number of alkyl halides is 3. The zero-order valence-electron chi connectivity index (χ0n) is 16.8. The van der Waals surface area contributed by atoms with Crippen LogP contribution in [0.2, 0.25) is 0 Å². The Kier molecular flexibility index (Phi) is 7.43. The molecule has 0 spiro atoms. The van der Waals surface area contributed by atoms with Crippen LogP contribution < -0.4 is 10.1 Å². The highest BCUT2D eigenvalue weighted by Crippen LogP contribution is 2.37. The molecule has 0 unspecified atom stereocenters. The Morgan fingerprint density at radius 2 is 1.90 bits per heavy atom. The number of hydrogen-bond donors (Lipinski definition) is 1. The van der Waals surface area contributed by atoms with Gasteiger partial charge < -0.3 is 15.0 Å². The number of benzene rings is 1.